The van der Waals surface area contributed by atoms with Gasteiger partial charge in [0.15, 0.2) is 0 Å². The summed E-state index contributed by atoms with van der Waals surface area (Å²) in [6.45, 7) is 11.4. The number of fused-ring (bicyclic) bond motifs is 1. The van der Waals surface area contributed by atoms with Gasteiger partial charge in [-0.3, -0.25) is 14.4 Å². The maximum absolute atomic E-state index is 13.9. The van der Waals surface area contributed by atoms with Crippen LogP contribution in [-0.4, -0.2) is 48.9 Å². The minimum atomic E-state index is -4.60. The van der Waals surface area contributed by atoms with Crippen molar-refractivity contribution in [3.05, 3.63) is 80.3 Å². The van der Waals surface area contributed by atoms with Crippen LogP contribution in [0.15, 0.2) is 35.1 Å². The van der Waals surface area contributed by atoms with Gasteiger partial charge in [0, 0.05) is 24.0 Å². The molecular formula is C34H42F5N3O5. The third kappa shape index (κ3) is 9.55. The van der Waals surface area contributed by atoms with Crippen molar-refractivity contribution in [1.82, 2.24) is 9.88 Å². The number of halogens is 5. The summed E-state index contributed by atoms with van der Waals surface area (Å²) in [6.07, 6.45) is -2.88. The number of aromatic nitrogens is 1. The molecule has 4 rings (SSSR count). The molecule has 1 amide bonds. The Morgan fingerprint density at radius 1 is 1.04 bits per heavy atom. The number of nitrogens with one attached hydrogen (secondary N) is 2. The van der Waals surface area contributed by atoms with Crippen molar-refractivity contribution in [3.63, 3.8) is 0 Å². The molecule has 1 aliphatic heterocycles. The number of anilines is 1. The fourth-order valence-electron chi connectivity index (χ4n) is 4.93. The SMILES string of the molecule is CC.CCC(Nc1cc(F)c(C(=O)NCC(=O)OC)c(F)c1)C(F)(F)F.Cc1ccc(-c2c(C)cc(C)n(C)c2=O)c2c1CCCO2. The smallest absolute Gasteiger partial charge is 0.408 e. The number of nitrogens with zero attached hydrogens (tertiary/aromatic N) is 1. The molecule has 1 atom stereocenters. The highest BCUT2D eigenvalue weighted by molar-refractivity contribution is 5.96. The lowest BCUT2D eigenvalue weighted by molar-refractivity contribution is -0.143. The van der Waals surface area contributed by atoms with E-state index < -0.39 is 53.5 Å². The van der Waals surface area contributed by atoms with E-state index in [4.69, 9.17) is 4.74 Å². The van der Waals surface area contributed by atoms with Crippen molar-refractivity contribution < 1.29 is 41.0 Å². The molecule has 47 heavy (non-hydrogen) atoms. The minimum absolute atomic E-state index is 0.0488. The third-order valence-electron chi connectivity index (χ3n) is 7.48. The van der Waals surface area contributed by atoms with E-state index in [1.54, 1.807) is 4.57 Å². The van der Waals surface area contributed by atoms with Gasteiger partial charge in [-0.15, -0.1) is 0 Å². The van der Waals surface area contributed by atoms with Gasteiger partial charge in [0.05, 0.1) is 19.3 Å². The van der Waals surface area contributed by atoms with Crippen molar-refractivity contribution >= 4 is 17.6 Å². The lowest BCUT2D eigenvalue weighted by Gasteiger charge is -2.23. The van der Waals surface area contributed by atoms with Gasteiger partial charge in [0.2, 0.25) is 0 Å². The fraction of sp³-hybridized carbons (Fsp3) is 0.441. The molecule has 1 unspecified atom stereocenters. The predicted octanol–water partition coefficient (Wildman–Crippen LogP) is 6.95. The number of alkyl halides is 3. The zero-order chi connectivity index (χ0) is 35.6. The maximum Gasteiger partial charge on any atom is 0.408 e. The summed E-state index contributed by atoms with van der Waals surface area (Å²) in [5, 5.41) is 3.90. The van der Waals surface area contributed by atoms with Crippen LogP contribution >= 0.6 is 0 Å². The summed E-state index contributed by atoms with van der Waals surface area (Å²) in [7, 11) is 2.88. The van der Waals surface area contributed by atoms with Crippen LogP contribution in [-0.2, 0) is 23.0 Å². The number of carbonyl (C=O) groups is 2. The van der Waals surface area contributed by atoms with Crippen LogP contribution in [0.1, 0.15) is 66.4 Å². The van der Waals surface area contributed by atoms with Crippen molar-refractivity contribution in [2.45, 2.75) is 73.0 Å². The lowest BCUT2D eigenvalue weighted by Crippen LogP contribution is -2.35. The van der Waals surface area contributed by atoms with E-state index >= 15 is 0 Å². The summed E-state index contributed by atoms with van der Waals surface area (Å²) in [6, 6.07) is 5.34. The molecule has 2 N–H and O–H groups in total. The summed E-state index contributed by atoms with van der Waals surface area (Å²) in [5.41, 5.74) is 4.76. The molecule has 0 spiro atoms. The molecule has 2 aromatic carbocycles. The molecule has 0 fully saturated rings. The molecule has 0 saturated carbocycles. The number of benzene rings is 2. The van der Waals surface area contributed by atoms with Crippen molar-refractivity contribution in [2.75, 3.05) is 25.6 Å². The van der Waals surface area contributed by atoms with E-state index in [2.05, 4.69) is 23.8 Å². The van der Waals surface area contributed by atoms with E-state index in [9.17, 15) is 36.3 Å². The number of rotatable bonds is 7. The standard InChI is InChI=1S/C18H21NO2.C14H15F5N2O3.C2H6/c1-11-7-8-15(17-14(11)6-5-9-21-17)16-12(2)10-13(3)19(4)18(16)20;1-3-10(14(17,18)19)21-7-4-8(15)12(9(16)5-7)13(23)20-6-11(22)24-2;1-2/h7-8,10H,5-6,9H2,1-4H3;4-5,10,21H,3,6H2,1-2H3,(H,20,23);1-2H3. The summed E-state index contributed by atoms with van der Waals surface area (Å²) in [5.74, 6) is -3.89. The molecular weight excluding hydrogens is 625 g/mol. The number of hydrogen-bond donors (Lipinski definition) is 2. The summed E-state index contributed by atoms with van der Waals surface area (Å²) >= 11 is 0. The van der Waals surface area contributed by atoms with E-state index in [1.807, 2.05) is 51.4 Å². The predicted molar refractivity (Wildman–Crippen MR) is 171 cm³/mol. The highest BCUT2D eigenvalue weighted by Crippen LogP contribution is 2.38. The Morgan fingerprint density at radius 3 is 2.21 bits per heavy atom. The number of aryl methyl sites for hydroxylation is 3. The third-order valence-corrected chi connectivity index (χ3v) is 7.48. The first-order valence-corrected chi connectivity index (χ1v) is 15.2. The van der Waals surface area contributed by atoms with Gasteiger partial charge in [0.1, 0.15) is 35.5 Å². The number of ether oxygens (including phenoxy) is 2. The second-order valence-electron chi connectivity index (χ2n) is 10.6. The lowest BCUT2D eigenvalue weighted by atomic mass is 9.92. The van der Waals surface area contributed by atoms with Gasteiger partial charge >= 0.3 is 12.1 Å². The Balaban J connectivity index is 0.000000312. The second kappa shape index (κ2) is 16.9. The second-order valence-corrected chi connectivity index (χ2v) is 10.6. The first kappa shape index (κ1) is 38.8. The van der Waals surface area contributed by atoms with Crippen molar-refractivity contribution in [2.24, 2.45) is 7.05 Å². The number of pyridine rings is 1. The average Bonchev–Trinajstić information content (AvgIpc) is 3.03. The Bertz CT molecular complexity index is 1610. The van der Waals surface area contributed by atoms with Gasteiger partial charge in [-0.2, -0.15) is 13.2 Å². The highest BCUT2D eigenvalue weighted by atomic mass is 19.4. The van der Waals surface area contributed by atoms with Crippen LogP contribution in [0.5, 0.6) is 5.75 Å². The molecule has 1 aliphatic rings. The number of carbonyl (C=O) groups excluding carboxylic acids is 2. The molecule has 2 heterocycles. The summed E-state index contributed by atoms with van der Waals surface area (Å²) in [4.78, 5) is 35.2. The monoisotopic (exact) mass is 667 g/mol. The first-order valence-electron chi connectivity index (χ1n) is 15.2. The molecule has 0 saturated heterocycles. The number of hydrogen-bond acceptors (Lipinski definition) is 6. The van der Waals surface area contributed by atoms with Crippen LogP contribution in [0.3, 0.4) is 0 Å². The van der Waals surface area contributed by atoms with E-state index in [1.165, 1.54) is 18.1 Å². The zero-order valence-electron chi connectivity index (χ0n) is 27.9. The van der Waals surface area contributed by atoms with Gasteiger partial charge in [0.25, 0.3) is 11.5 Å². The molecule has 8 nitrogen and oxygen atoms in total. The fourth-order valence-corrected chi connectivity index (χ4v) is 4.93. The molecule has 0 bridgehead atoms. The van der Waals surface area contributed by atoms with Crippen LogP contribution in [0, 0.1) is 32.4 Å². The van der Waals surface area contributed by atoms with Crippen molar-refractivity contribution in [3.8, 4) is 16.9 Å². The quantitative estimate of drug-likeness (QED) is 0.209. The minimum Gasteiger partial charge on any atom is -0.493 e. The Hall–Kier alpha value is -4.42. The van der Waals surface area contributed by atoms with Gasteiger partial charge < -0.3 is 24.7 Å². The maximum atomic E-state index is 13.9. The normalized spacial score (nSPS) is 12.6. The number of amides is 1. The highest BCUT2D eigenvalue weighted by Gasteiger charge is 2.38. The Kier molecular flexibility index (Phi) is 14.0. The van der Waals surface area contributed by atoms with Gasteiger partial charge in [-0.05, 0) is 74.9 Å². The van der Waals surface area contributed by atoms with Gasteiger partial charge in [-0.1, -0.05) is 32.9 Å². The van der Waals surface area contributed by atoms with Gasteiger partial charge in [-0.25, -0.2) is 8.78 Å². The molecule has 13 heteroatoms. The number of methoxy groups -OCH3 is 1. The van der Waals surface area contributed by atoms with E-state index in [0.717, 1.165) is 54.7 Å². The molecule has 1 aromatic heterocycles. The largest absolute Gasteiger partial charge is 0.493 e. The molecule has 258 valence electrons. The van der Waals surface area contributed by atoms with Crippen LogP contribution in [0.4, 0.5) is 27.6 Å². The zero-order valence-corrected chi connectivity index (χ0v) is 27.9. The summed E-state index contributed by atoms with van der Waals surface area (Å²) < 4.78 is 77.6. The van der Waals surface area contributed by atoms with Crippen LogP contribution in [0.2, 0.25) is 0 Å². The average molecular weight is 668 g/mol. The molecule has 0 radical (unpaired) electrons. The van der Waals surface area contributed by atoms with E-state index in [0.29, 0.717) is 12.1 Å². The Labute approximate surface area is 271 Å². The van der Waals surface area contributed by atoms with Crippen LogP contribution in [0.25, 0.3) is 11.1 Å². The number of esters is 1. The van der Waals surface area contributed by atoms with Crippen LogP contribution < -0.4 is 20.9 Å². The topological polar surface area (TPSA) is 98.7 Å². The molecule has 3 aromatic rings. The van der Waals surface area contributed by atoms with E-state index in [-0.39, 0.29) is 12.0 Å². The Morgan fingerprint density at radius 2 is 1.66 bits per heavy atom. The van der Waals surface area contributed by atoms with Crippen molar-refractivity contribution in [1.29, 1.82) is 0 Å². The molecule has 0 aliphatic carbocycles. The first-order chi connectivity index (χ1) is 22.1.